The maximum atomic E-state index is 11.7. The van der Waals surface area contributed by atoms with Crippen LogP contribution in [0.25, 0.3) is 34.1 Å². The maximum absolute atomic E-state index is 11.7. The Morgan fingerprint density at radius 2 is 1.82 bits per heavy atom. The third-order valence-corrected chi connectivity index (χ3v) is 6.47. The number of hydrogen-bond donors (Lipinski definition) is 1. The van der Waals surface area contributed by atoms with Crippen LogP contribution in [-0.2, 0) is 15.1 Å². The molecule has 1 saturated carbocycles. The average Bonchev–Trinajstić information content (AvgIpc) is 3.14. The summed E-state index contributed by atoms with van der Waals surface area (Å²) in [6, 6.07) is 20.6. The van der Waals surface area contributed by atoms with Crippen molar-refractivity contribution in [2.45, 2.75) is 31.7 Å². The van der Waals surface area contributed by atoms with E-state index in [9.17, 15) is 4.79 Å². The number of aromatic nitrogens is 3. The predicted molar refractivity (Wildman–Crippen MR) is 129 cm³/mol. The number of aryl methyl sites for hydroxylation is 1. The van der Waals surface area contributed by atoms with Crippen molar-refractivity contribution in [2.75, 3.05) is 7.11 Å². The second-order valence-electron chi connectivity index (χ2n) is 8.57. The van der Waals surface area contributed by atoms with E-state index in [1.165, 1.54) is 25.2 Å². The van der Waals surface area contributed by atoms with E-state index in [1.807, 2.05) is 31.2 Å². The fourth-order valence-corrected chi connectivity index (χ4v) is 4.37. The van der Waals surface area contributed by atoms with E-state index in [-0.39, 0.29) is 5.54 Å². The van der Waals surface area contributed by atoms with Gasteiger partial charge in [-0.2, -0.15) is 5.10 Å². The van der Waals surface area contributed by atoms with Gasteiger partial charge in [0.15, 0.2) is 5.65 Å². The zero-order valence-electron chi connectivity index (χ0n) is 18.8. The zero-order valence-corrected chi connectivity index (χ0v) is 18.8. The number of carbonyl (C=O) groups is 1. The molecule has 1 aliphatic carbocycles. The number of carbonyl (C=O) groups excluding carboxylic acids is 1. The van der Waals surface area contributed by atoms with Crippen LogP contribution in [0.1, 0.15) is 36.2 Å². The van der Waals surface area contributed by atoms with E-state index in [4.69, 9.17) is 15.6 Å². The largest absolute Gasteiger partial charge is 0.466 e. The number of nitrogens with zero attached hydrogens (tertiary/aromatic N) is 3. The van der Waals surface area contributed by atoms with Gasteiger partial charge in [-0.25, -0.2) is 14.3 Å². The summed E-state index contributed by atoms with van der Waals surface area (Å²) < 4.78 is 6.52. The lowest BCUT2D eigenvalue weighted by molar-refractivity contribution is -0.134. The number of methoxy groups -OCH3 is 1. The Bertz CT molecular complexity index is 1350. The number of esters is 1. The van der Waals surface area contributed by atoms with Gasteiger partial charge in [-0.3, -0.25) is 0 Å². The van der Waals surface area contributed by atoms with Crippen LogP contribution in [0.5, 0.6) is 0 Å². The smallest absolute Gasteiger partial charge is 0.330 e. The molecule has 2 N–H and O–H groups in total. The third kappa shape index (κ3) is 3.83. The van der Waals surface area contributed by atoms with Crippen molar-refractivity contribution in [3.05, 3.63) is 83.7 Å². The molecule has 6 heteroatoms. The van der Waals surface area contributed by atoms with E-state index in [0.29, 0.717) is 5.65 Å². The topological polar surface area (TPSA) is 82.5 Å². The van der Waals surface area contributed by atoms with Crippen LogP contribution in [0, 0.1) is 6.92 Å². The van der Waals surface area contributed by atoms with Gasteiger partial charge in [0.05, 0.1) is 24.2 Å². The average molecular weight is 439 g/mol. The number of ether oxygens (including phenoxy) is 1. The highest BCUT2D eigenvalue weighted by Crippen LogP contribution is 2.40. The molecule has 0 unspecified atom stereocenters. The molecule has 0 radical (unpaired) electrons. The summed E-state index contributed by atoms with van der Waals surface area (Å²) >= 11 is 0. The SMILES string of the molecule is COC(=O)C=Cc1c(C)nc2cc(-c3ccccc3)c(-c3ccc(C4(N)CCC4)cc3)nn12. The lowest BCUT2D eigenvalue weighted by Crippen LogP contribution is -2.43. The van der Waals surface area contributed by atoms with Gasteiger partial charge < -0.3 is 10.5 Å². The maximum Gasteiger partial charge on any atom is 0.330 e. The summed E-state index contributed by atoms with van der Waals surface area (Å²) in [5.74, 6) is -0.423. The first-order valence-electron chi connectivity index (χ1n) is 11.1. The summed E-state index contributed by atoms with van der Waals surface area (Å²) in [6.45, 7) is 1.90. The Morgan fingerprint density at radius 1 is 1.09 bits per heavy atom. The van der Waals surface area contributed by atoms with Crippen molar-refractivity contribution in [1.82, 2.24) is 14.6 Å². The Balaban J connectivity index is 1.68. The first kappa shape index (κ1) is 21.1. The lowest BCUT2D eigenvalue weighted by atomic mass is 9.72. The van der Waals surface area contributed by atoms with Gasteiger partial charge in [-0.15, -0.1) is 0 Å². The standard InChI is InChI=1S/C27H26N4O2/c1-18-23(13-14-25(32)33-2)31-24(29-18)17-22(19-7-4-3-5-8-19)26(30-31)20-9-11-21(12-10-20)27(28)15-6-16-27/h3-5,7-14,17H,6,15-16,28H2,1-2H3. The third-order valence-electron chi connectivity index (χ3n) is 6.47. The van der Waals surface area contributed by atoms with Crippen molar-refractivity contribution < 1.29 is 9.53 Å². The van der Waals surface area contributed by atoms with Crippen molar-refractivity contribution >= 4 is 17.7 Å². The molecule has 0 saturated heterocycles. The van der Waals surface area contributed by atoms with E-state index in [2.05, 4.69) is 41.4 Å². The molecule has 0 spiro atoms. The molecule has 0 aliphatic heterocycles. The van der Waals surface area contributed by atoms with Gasteiger partial charge >= 0.3 is 5.97 Å². The summed E-state index contributed by atoms with van der Waals surface area (Å²) in [7, 11) is 1.36. The van der Waals surface area contributed by atoms with Crippen molar-refractivity contribution in [2.24, 2.45) is 5.73 Å². The molecule has 2 aromatic heterocycles. The molecule has 6 nitrogen and oxygen atoms in total. The van der Waals surface area contributed by atoms with E-state index in [1.54, 1.807) is 10.6 Å². The predicted octanol–water partition coefficient (Wildman–Crippen LogP) is 4.90. The fourth-order valence-electron chi connectivity index (χ4n) is 4.37. The minimum absolute atomic E-state index is 0.203. The summed E-state index contributed by atoms with van der Waals surface area (Å²) in [5.41, 5.74) is 13.6. The number of benzene rings is 2. The van der Waals surface area contributed by atoms with Crippen LogP contribution < -0.4 is 5.73 Å². The second-order valence-corrected chi connectivity index (χ2v) is 8.57. The fraction of sp³-hybridized carbons (Fsp3) is 0.222. The van der Waals surface area contributed by atoms with Gasteiger partial charge in [0.25, 0.3) is 0 Å². The van der Waals surface area contributed by atoms with Crippen molar-refractivity contribution in [3.63, 3.8) is 0 Å². The molecule has 1 fully saturated rings. The van der Waals surface area contributed by atoms with Crippen LogP contribution in [-0.4, -0.2) is 27.7 Å². The van der Waals surface area contributed by atoms with Gasteiger partial charge in [-0.05, 0) is 49.5 Å². The van der Waals surface area contributed by atoms with E-state index >= 15 is 0 Å². The minimum Gasteiger partial charge on any atom is -0.466 e. The Kier molecular flexibility index (Phi) is 5.30. The first-order chi connectivity index (χ1) is 16.0. The van der Waals surface area contributed by atoms with Gasteiger partial charge in [0.2, 0.25) is 0 Å². The van der Waals surface area contributed by atoms with Crippen LogP contribution >= 0.6 is 0 Å². The first-order valence-corrected chi connectivity index (χ1v) is 11.1. The van der Waals surface area contributed by atoms with E-state index < -0.39 is 5.97 Å². The number of fused-ring (bicyclic) bond motifs is 1. The normalized spacial score (nSPS) is 15.0. The Hall–Kier alpha value is -3.77. The molecule has 2 heterocycles. The van der Waals surface area contributed by atoms with Crippen molar-refractivity contribution in [3.8, 4) is 22.4 Å². The lowest BCUT2D eigenvalue weighted by Gasteiger charge is -2.38. The summed E-state index contributed by atoms with van der Waals surface area (Å²) in [6.07, 6.45) is 6.30. The monoisotopic (exact) mass is 438 g/mol. The molecule has 4 aromatic rings. The second kappa shape index (κ2) is 8.30. The molecule has 5 rings (SSSR count). The molecular weight excluding hydrogens is 412 g/mol. The van der Waals surface area contributed by atoms with Crippen LogP contribution in [0.3, 0.4) is 0 Å². The molecular formula is C27H26N4O2. The minimum atomic E-state index is -0.423. The van der Waals surface area contributed by atoms with E-state index in [0.717, 1.165) is 46.6 Å². The number of nitrogens with two attached hydrogens (primary N) is 1. The molecule has 33 heavy (non-hydrogen) atoms. The van der Waals surface area contributed by atoms with Crippen molar-refractivity contribution in [1.29, 1.82) is 0 Å². The zero-order chi connectivity index (χ0) is 23.0. The van der Waals surface area contributed by atoms with Gasteiger partial charge in [0, 0.05) is 22.7 Å². The molecule has 0 amide bonds. The summed E-state index contributed by atoms with van der Waals surface area (Å²) in [4.78, 5) is 16.3. The quantitative estimate of drug-likeness (QED) is 0.354. The number of hydrogen-bond acceptors (Lipinski definition) is 5. The van der Waals surface area contributed by atoms with Gasteiger partial charge in [0.1, 0.15) is 0 Å². The highest BCUT2D eigenvalue weighted by Gasteiger charge is 2.34. The molecule has 0 bridgehead atoms. The Labute approximate surface area is 192 Å². The van der Waals surface area contributed by atoms with Gasteiger partial charge in [-0.1, -0.05) is 54.6 Å². The van der Waals surface area contributed by atoms with Crippen LogP contribution in [0.15, 0.2) is 66.7 Å². The highest BCUT2D eigenvalue weighted by atomic mass is 16.5. The number of imidazole rings is 1. The number of rotatable bonds is 5. The molecule has 166 valence electrons. The highest BCUT2D eigenvalue weighted by molar-refractivity contribution is 5.87. The van der Waals surface area contributed by atoms with Crippen LogP contribution in [0.4, 0.5) is 0 Å². The molecule has 1 aliphatic rings. The molecule has 2 aromatic carbocycles. The Morgan fingerprint density at radius 3 is 2.45 bits per heavy atom. The van der Waals surface area contributed by atoms with Crippen LogP contribution in [0.2, 0.25) is 0 Å². The molecule has 0 atom stereocenters. The summed E-state index contributed by atoms with van der Waals surface area (Å²) in [5, 5.41) is 4.99.